The molecule has 1 N–H and O–H groups in total. The highest BCUT2D eigenvalue weighted by Crippen LogP contribution is 1.97. The van der Waals surface area contributed by atoms with E-state index in [1.54, 1.807) is 6.21 Å². The van der Waals surface area contributed by atoms with E-state index >= 15 is 0 Å². The van der Waals surface area contributed by atoms with Crippen molar-refractivity contribution < 1.29 is 17.5 Å². The summed E-state index contributed by atoms with van der Waals surface area (Å²) in [6.45, 7) is 2.50. The molecule has 0 radical (unpaired) electrons. The molecule has 0 saturated carbocycles. The van der Waals surface area contributed by atoms with Gasteiger partial charge in [-0.3, -0.25) is 4.55 Å². The predicted molar refractivity (Wildman–Crippen MR) is 88.9 cm³/mol. The van der Waals surface area contributed by atoms with Gasteiger partial charge in [0.15, 0.2) is 12.4 Å². The number of hydrogen-bond donors (Lipinski definition) is 1. The first-order valence-corrected chi connectivity index (χ1v) is 9.46. The predicted octanol–water partition coefficient (Wildman–Crippen LogP) is 0.895. The van der Waals surface area contributed by atoms with Crippen LogP contribution in [0.4, 0.5) is 0 Å². The molecule has 7 nitrogen and oxygen atoms in total. The summed E-state index contributed by atoms with van der Waals surface area (Å²) in [5.74, 6) is -0.248. The lowest BCUT2D eigenvalue weighted by Gasteiger charge is -1.97. The van der Waals surface area contributed by atoms with E-state index in [1.165, 1.54) is 11.3 Å². The zero-order valence-corrected chi connectivity index (χ0v) is 14.6. The van der Waals surface area contributed by atoms with Crippen molar-refractivity contribution in [3.8, 4) is 0 Å². The van der Waals surface area contributed by atoms with Gasteiger partial charge in [0.2, 0.25) is 4.80 Å². The topological polar surface area (TPSA) is 87.9 Å². The van der Waals surface area contributed by atoms with Crippen molar-refractivity contribution in [2.75, 3.05) is 5.75 Å². The van der Waals surface area contributed by atoms with Gasteiger partial charge in [-0.25, -0.2) is 4.57 Å². The van der Waals surface area contributed by atoms with E-state index in [-0.39, 0.29) is 5.75 Å². The van der Waals surface area contributed by atoms with Gasteiger partial charge < -0.3 is 4.57 Å². The van der Waals surface area contributed by atoms with Gasteiger partial charge in [-0.05, 0) is 13.0 Å². The molecule has 0 bridgehead atoms. The summed E-state index contributed by atoms with van der Waals surface area (Å²) in [5, 5.41) is 10.3. The van der Waals surface area contributed by atoms with Crippen molar-refractivity contribution in [3.05, 3.63) is 46.0 Å². The monoisotopic (exact) mass is 355 g/mol. The third-order valence-electron chi connectivity index (χ3n) is 3.20. The second-order valence-electron chi connectivity index (χ2n) is 5.08. The van der Waals surface area contributed by atoms with Crippen molar-refractivity contribution in [2.45, 2.75) is 19.9 Å². The Morgan fingerprint density at radius 1 is 1.48 bits per heavy atom. The Kier molecular flexibility index (Phi) is 5.80. The first-order chi connectivity index (χ1) is 10.8. The molecule has 2 heterocycles. The lowest BCUT2D eigenvalue weighted by molar-refractivity contribution is -0.696. The molecule has 124 valence electrons. The average molecular weight is 355 g/mol. The summed E-state index contributed by atoms with van der Waals surface area (Å²) in [6, 6.07) is 3.74. The Morgan fingerprint density at radius 2 is 2.26 bits per heavy atom. The first-order valence-electron chi connectivity index (χ1n) is 6.97. The smallest absolute Gasteiger partial charge is 0.265 e. The maximum absolute atomic E-state index is 10.7. The van der Waals surface area contributed by atoms with Gasteiger partial charge >= 0.3 is 0 Å². The molecule has 23 heavy (non-hydrogen) atoms. The van der Waals surface area contributed by atoms with E-state index in [4.69, 9.17) is 4.55 Å². The summed E-state index contributed by atoms with van der Waals surface area (Å²) in [4.78, 5) is 0.815. The molecule has 0 aliphatic carbocycles. The van der Waals surface area contributed by atoms with Gasteiger partial charge in [0, 0.05) is 30.6 Å². The van der Waals surface area contributed by atoms with Gasteiger partial charge in [-0.2, -0.15) is 13.5 Å². The number of aryl methyl sites for hydroxylation is 2. The summed E-state index contributed by atoms with van der Waals surface area (Å²) in [7, 11) is -1.97. The highest BCUT2D eigenvalue weighted by molar-refractivity contribution is 7.85. The van der Waals surface area contributed by atoms with E-state index in [9.17, 15) is 8.42 Å². The number of hydrogen-bond acceptors (Lipinski definition) is 5. The van der Waals surface area contributed by atoms with Gasteiger partial charge in [0.1, 0.15) is 6.54 Å². The number of aromatic nitrogens is 2. The zero-order chi connectivity index (χ0) is 16.9. The molecule has 0 aliphatic heterocycles. The third-order valence-corrected chi connectivity index (χ3v) is 5.03. The number of pyridine rings is 1. The second-order valence-corrected chi connectivity index (χ2v) is 7.49. The van der Waals surface area contributed by atoms with Crippen LogP contribution in [0.15, 0.2) is 40.1 Å². The maximum Gasteiger partial charge on any atom is 0.265 e. The molecule has 0 amide bonds. The van der Waals surface area contributed by atoms with Crippen LogP contribution >= 0.6 is 11.3 Å². The van der Waals surface area contributed by atoms with Gasteiger partial charge in [0.25, 0.3) is 10.1 Å². The summed E-state index contributed by atoms with van der Waals surface area (Å²) >= 11 is 1.52. The van der Waals surface area contributed by atoms with Crippen LogP contribution < -0.4 is 9.37 Å². The van der Waals surface area contributed by atoms with Crippen LogP contribution in [0.2, 0.25) is 0 Å². The van der Waals surface area contributed by atoms with Crippen molar-refractivity contribution in [1.82, 2.24) is 4.57 Å². The molecule has 0 aliphatic rings. The average Bonchev–Trinajstić information content (AvgIpc) is 2.78. The van der Waals surface area contributed by atoms with E-state index < -0.39 is 10.1 Å². The first kappa shape index (κ1) is 17.5. The van der Waals surface area contributed by atoms with Crippen molar-refractivity contribution in [2.24, 2.45) is 17.3 Å². The molecule has 9 heteroatoms. The van der Waals surface area contributed by atoms with Crippen molar-refractivity contribution in [1.29, 1.82) is 0 Å². The molecular weight excluding hydrogens is 336 g/mol. The summed E-state index contributed by atoms with van der Waals surface area (Å²) < 4.78 is 33.9. The van der Waals surface area contributed by atoms with E-state index in [0.717, 1.165) is 16.1 Å². The molecular formula is C14H19N4O3S2+. The fourth-order valence-corrected chi connectivity index (χ4v) is 3.19. The van der Waals surface area contributed by atoms with Crippen LogP contribution in [0.5, 0.6) is 0 Å². The lowest BCUT2D eigenvalue weighted by Crippen LogP contribution is -2.34. The fraction of sp³-hybridized carbons (Fsp3) is 0.357. The Morgan fingerprint density at radius 3 is 2.91 bits per heavy atom. The number of nitrogens with zero attached hydrogens (tertiary/aromatic N) is 4. The summed E-state index contributed by atoms with van der Waals surface area (Å²) in [5.41, 5.74) is 1.99. The minimum absolute atomic E-state index is 0.248. The molecule has 2 aromatic rings. The molecule has 2 aromatic heterocycles. The highest BCUT2D eigenvalue weighted by Gasteiger charge is 2.07. The number of rotatable bonds is 6. The van der Waals surface area contributed by atoms with Crippen molar-refractivity contribution >= 4 is 27.7 Å². The van der Waals surface area contributed by atoms with Gasteiger partial charge in [-0.15, -0.1) is 16.4 Å². The largest absolute Gasteiger partial charge is 0.323 e. The molecule has 0 atom stereocenters. The lowest BCUT2D eigenvalue weighted by atomic mass is 10.3. The molecule has 0 saturated heterocycles. The normalized spacial score (nSPS) is 13.1. The maximum atomic E-state index is 10.7. The molecule has 0 aromatic carbocycles. The molecule has 2 rings (SSSR count). The Bertz CT molecular complexity index is 866. The quantitative estimate of drug-likeness (QED) is 0.361. The summed E-state index contributed by atoms with van der Waals surface area (Å²) in [6.07, 6.45) is 5.68. The molecule has 0 fully saturated rings. The molecule has 0 unspecified atom stereocenters. The minimum Gasteiger partial charge on any atom is -0.323 e. The standard InChI is InChI=1S/C14H18N4O3S2/c1-12-11-22-14(17(12)2)16-15-9-13-5-3-6-18(10-13)7-4-8-23(19,20)21/h3,5-6,9-11H,4,7-8H2,1-2H3/p+1/b15-9+,16-14-. The van der Waals surface area contributed by atoms with Crippen molar-refractivity contribution in [3.63, 3.8) is 0 Å². The van der Waals surface area contributed by atoms with Crippen LogP contribution in [0, 0.1) is 6.92 Å². The number of thiazole rings is 1. The van der Waals surface area contributed by atoms with E-state index in [1.807, 2.05) is 53.0 Å². The Hall–Kier alpha value is -1.84. The zero-order valence-electron chi connectivity index (χ0n) is 13.0. The van der Waals surface area contributed by atoms with Crippen LogP contribution in [0.1, 0.15) is 17.7 Å². The van der Waals surface area contributed by atoms with Crippen LogP contribution in [0.25, 0.3) is 0 Å². The molecule has 0 spiro atoms. The highest BCUT2D eigenvalue weighted by atomic mass is 32.2. The third kappa shape index (κ3) is 5.70. The van der Waals surface area contributed by atoms with Gasteiger partial charge in [0.05, 0.1) is 17.5 Å². The van der Waals surface area contributed by atoms with Crippen LogP contribution in [-0.4, -0.2) is 29.5 Å². The SMILES string of the molecule is Cc1cs/c(=N\N=C\c2ccc[n+](CCCS(=O)(=O)O)c2)n1C. The van der Waals surface area contributed by atoms with Gasteiger partial charge in [-0.1, -0.05) is 0 Å². The van der Waals surface area contributed by atoms with E-state index in [2.05, 4.69) is 10.2 Å². The van der Waals surface area contributed by atoms with Crippen LogP contribution in [-0.2, 0) is 23.7 Å². The van der Waals surface area contributed by atoms with Crippen LogP contribution in [0.3, 0.4) is 0 Å². The Balaban J connectivity index is 2.04. The Labute approximate surface area is 139 Å². The fourth-order valence-electron chi connectivity index (χ4n) is 1.87. The second kappa shape index (κ2) is 7.62. The van der Waals surface area contributed by atoms with E-state index in [0.29, 0.717) is 13.0 Å². The minimum atomic E-state index is -3.91.